The summed E-state index contributed by atoms with van der Waals surface area (Å²) in [6.45, 7) is 6.37. The second-order valence-corrected chi connectivity index (χ2v) is 4.46. The van der Waals surface area contributed by atoms with E-state index < -0.39 is 0 Å². The third-order valence-electron chi connectivity index (χ3n) is 3.29. The number of rotatable bonds is 5. The molecule has 1 amide bonds. The van der Waals surface area contributed by atoms with Gasteiger partial charge in [-0.25, -0.2) is 0 Å². The van der Waals surface area contributed by atoms with Crippen molar-refractivity contribution in [2.45, 2.75) is 39.7 Å². The molecule has 0 radical (unpaired) electrons. The lowest BCUT2D eigenvalue weighted by molar-refractivity contribution is 0.0925. The molecule has 17 heavy (non-hydrogen) atoms. The first-order valence-electron chi connectivity index (χ1n) is 6.24. The number of nitrogens with one attached hydrogen (secondary N) is 1. The summed E-state index contributed by atoms with van der Waals surface area (Å²) in [5, 5.41) is 3.04. The number of anilines is 1. The van der Waals surface area contributed by atoms with Gasteiger partial charge in [0.05, 0.1) is 0 Å². The van der Waals surface area contributed by atoms with Crippen LogP contribution in [-0.4, -0.2) is 11.9 Å². The van der Waals surface area contributed by atoms with Gasteiger partial charge < -0.3 is 11.1 Å². The number of hydrogen-bond donors (Lipinski definition) is 2. The number of amides is 1. The Morgan fingerprint density at radius 2 is 1.76 bits per heavy atom. The molecule has 3 heteroatoms. The van der Waals surface area contributed by atoms with Crippen LogP contribution in [0, 0.1) is 5.92 Å². The van der Waals surface area contributed by atoms with E-state index in [4.69, 9.17) is 5.73 Å². The molecule has 3 N–H and O–H groups in total. The second kappa shape index (κ2) is 6.28. The Kier molecular flexibility index (Phi) is 5.01. The van der Waals surface area contributed by atoms with Crippen molar-refractivity contribution in [1.29, 1.82) is 0 Å². The Balaban J connectivity index is 2.62. The van der Waals surface area contributed by atoms with Crippen LogP contribution in [0.5, 0.6) is 0 Å². The van der Waals surface area contributed by atoms with Crippen LogP contribution in [0.15, 0.2) is 24.3 Å². The van der Waals surface area contributed by atoms with Crippen molar-refractivity contribution in [2.24, 2.45) is 5.92 Å². The topological polar surface area (TPSA) is 55.1 Å². The molecule has 3 nitrogen and oxygen atoms in total. The first kappa shape index (κ1) is 13.6. The fraction of sp³-hybridized carbons (Fsp3) is 0.500. The van der Waals surface area contributed by atoms with Crippen LogP contribution < -0.4 is 11.1 Å². The third-order valence-corrected chi connectivity index (χ3v) is 3.29. The van der Waals surface area contributed by atoms with Crippen molar-refractivity contribution in [1.82, 2.24) is 5.32 Å². The van der Waals surface area contributed by atoms with Gasteiger partial charge in [0.1, 0.15) is 0 Å². The second-order valence-electron chi connectivity index (χ2n) is 4.46. The van der Waals surface area contributed by atoms with E-state index in [1.54, 1.807) is 24.3 Å². The summed E-state index contributed by atoms with van der Waals surface area (Å²) in [6.07, 6.45) is 2.17. The molecule has 0 fully saturated rings. The number of benzene rings is 1. The van der Waals surface area contributed by atoms with Crippen LogP contribution in [0.4, 0.5) is 5.69 Å². The Morgan fingerprint density at radius 1 is 1.24 bits per heavy atom. The van der Waals surface area contributed by atoms with Gasteiger partial charge in [-0.15, -0.1) is 0 Å². The largest absolute Gasteiger partial charge is 0.399 e. The zero-order valence-corrected chi connectivity index (χ0v) is 10.9. The van der Waals surface area contributed by atoms with Crippen LogP contribution in [-0.2, 0) is 0 Å². The summed E-state index contributed by atoms with van der Waals surface area (Å²) < 4.78 is 0. The van der Waals surface area contributed by atoms with E-state index in [1.807, 2.05) is 0 Å². The highest BCUT2D eigenvalue weighted by atomic mass is 16.1. The Labute approximate surface area is 103 Å². The van der Waals surface area contributed by atoms with Gasteiger partial charge in [-0.1, -0.05) is 26.7 Å². The van der Waals surface area contributed by atoms with Gasteiger partial charge in [-0.3, -0.25) is 4.79 Å². The van der Waals surface area contributed by atoms with E-state index in [0.29, 0.717) is 17.2 Å². The maximum Gasteiger partial charge on any atom is 0.251 e. The molecule has 0 aromatic heterocycles. The SMILES string of the molecule is CCC(CC)C(C)NC(=O)c1ccc(N)cc1. The summed E-state index contributed by atoms with van der Waals surface area (Å²) in [7, 11) is 0. The molecule has 1 unspecified atom stereocenters. The third kappa shape index (κ3) is 3.77. The summed E-state index contributed by atoms with van der Waals surface area (Å²) in [4.78, 5) is 12.0. The molecule has 0 aliphatic rings. The number of nitrogen functional groups attached to an aromatic ring is 1. The number of hydrogen-bond acceptors (Lipinski definition) is 2. The van der Waals surface area contributed by atoms with Crippen LogP contribution in [0.2, 0.25) is 0 Å². The fourth-order valence-electron chi connectivity index (χ4n) is 2.04. The molecule has 0 saturated carbocycles. The first-order valence-corrected chi connectivity index (χ1v) is 6.24. The molecule has 0 aliphatic carbocycles. The Morgan fingerprint density at radius 3 is 2.24 bits per heavy atom. The predicted octanol–water partition coefficient (Wildman–Crippen LogP) is 2.82. The molecule has 0 heterocycles. The van der Waals surface area contributed by atoms with Gasteiger partial charge >= 0.3 is 0 Å². The Bertz CT molecular complexity index is 355. The highest BCUT2D eigenvalue weighted by Crippen LogP contribution is 2.13. The molecule has 94 valence electrons. The van der Waals surface area contributed by atoms with E-state index in [0.717, 1.165) is 12.8 Å². The van der Waals surface area contributed by atoms with Gasteiger partial charge in [-0.2, -0.15) is 0 Å². The lowest BCUT2D eigenvalue weighted by Crippen LogP contribution is -2.37. The lowest BCUT2D eigenvalue weighted by atomic mass is 9.95. The normalized spacial score (nSPS) is 12.5. The maximum absolute atomic E-state index is 12.0. The van der Waals surface area contributed by atoms with Gasteiger partial charge in [0.2, 0.25) is 0 Å². The summed E-state index contributed by atoms with van der Waals surface area (Å²) in [5.41, 5.74) is 6.93. The van der Waals surface area contributed by atoms with Crippen molar-refractivity contribution in [3.8, 4) is 0 Å². The summed E-state index contributed by atoms with van der Waals surface area (Å²) >= 11 is 0. The zero-order valence-electron chi connectivity index (χ0n) is 10.9. The van der Waals surface area contributed by atoms with Gasteiger partial charge in [0, 0.05) is 17.3 Å². The summed E-state index contributed by atoms with van der Waals surface area (Å²) in [6, 6.07) is 7.21. The van der Waals surface area contributed by atoms with E-state index in [1.165, 1.54) is 0 Å². The molecule has 0 spiro atoms. The number of carbonyl (C=O) groups is 1. The van der Waals surface area contributed by atoms with Crippen molar-refractivity contribution in [3.05, 3.63) is 29.8 Å². The standard InChI is InChI=1S/C14H22N2O/c1-4-11(5-2)10(3)16-14(17)12-6-8-13(15)9-7-12/h6-11H,4-5,15H2,1-3H3,(H,16,17). The predicted molar refractivity (Wildman–Crippen MR) is 71.9 cm³/mol. The lowest BCUT2D eigenvalue weighted by Gasteiger charge is -2.22. The van der Waals surface area contributed by atoms with Gasteiger partial charge in [-0.05, 0) is 37.1 Å². The van der Waals surface area contributed by atoms with Crippen LogP contribution in [0.3, 0.4) is 0 Å². The summed E-state index contributed by atoms with van der Waals surface area (Å²) in [5.74, 6) is 0.511. The van der Waals surface area contributed by atoms with E-state index in [9.17, 15) is 4.79 Å². The molecule has 0 saturated heterocycles. The average molecular weight is 234 g/mol. The maximum atomic E-state index is 12.0. The van der Waals surface area contributed by atoms with Gasteiger partial charge in [0.15, 0.2) is 0 Å². The highest BCUT2D eigenvalue weighted by molar-refractivity contribution is 5.94. The van der Waals surface area contributed by atoms with Crippen LogP contribution in [0.1, 0.15) is 44.0 Å². The highest BCUT2D eigenvalue weighted by Gasteiger charge is 2.16. The zero-order chi connectivity index (χ0) is 12.8. The number of carbonyl (C=O) groups excluding carboxylic acids is 1. The van der Waals surface area contributed by atoms with Crippen LogP contribution in [0.25, 0.3) is 0 Å². The molecule has 1 rings (SSSR count). The van der Waals surface area contributed by atoms with E-state index in [-0.39, 0.29) is 11.9 Å². The Hall–Kier alpha value is -1.51. The van der Waals surface area contributed by atoms with Crippen molar-refractivity contribution >= 4 is 11.6 Å². The van der Waals surface area contributed by atoms with Crippen molar-refractivity contribution in [3.63, 3.8) is 0 Å². The average Bonchev–Trinajstić information content (AvgIpc) is 2.31. The van der Waals surface area contributed by atoms with Crippen molar-refractivity contribution < 1.29 is 4.79 Å². The first-order chi connectivity index (χ1) is 8.08. The molecule has 0 bridgehead atoms. The van der Waals surface area contributed by atoms with Crippen LogP contribution >= 0.6 is 0 Å². The molecule has 1 aromatic rings. The molecule has 0 aliphatic heterocycles. The minimum absolute atomic E-state index is 0.0237. The number of nitrogens with two attached hydrogens (primary N) is 1. The van der Waals surface area contributed by atoms with Gasteiger partial charge in [0.25, 0.3) is 5.91 Å². The fourth-order valence-corrected chi connectivity index (χ4v) is 2.04. The van der Waals surface area contributed by atoms with E-state index in [2.05, 4.69) is 26.1 Å². The minimum Gasteiger partial charge on any atom is -0.399 e. The van der Waals surface area contributed by atoms with Crippen molar-refractivity contribution in [2.75, 3.05) is 5.73 Å². The molecule has 1 aromatic carbocycles. The molecule has 1 atom stereocenters. The molecular formula is C14H22N2O. The quantitative estimate of drug-likeness (QED) is 0.770. The monoisotopic (exact) mass is 234 g/mol. The van der Waals surface area contributed by atoms with E-state index >= 15 is 0 Å². The molecular weight excluding hydrogens is 212 g/mol. The smallest absolute Gasteiger partial charge is 0.251 e. The minimum atomic E-state index is -0.0237.